The first-order valence-corrected chi connectivity index (χ1v) is 4.22. The second-order valence-electron chi connectivity index (χ2n) is 2.07. The maximum atomic E-state index is 11.2. The molecule has 2 N–H and O–H groups in total. The monoisotopic (exact) mass is 188 g/mol. The van der Waals surface area contributed by atoms with Crippen molar-refractivity contribution in [2.75, 3.05) is 20.3 Å². The van der Waals surface area contributed by atoms with E-state index in [-0.39, 0.29) is 5.91 Å². The minimum atomic E-state index is -0.120. The molecule has 6 heteroatoms. The summed E-state index contributed by atoms with van der Waals surface area (Å²) in [6.45, 7) is 1.04. The number of H-pyrrole nitrogens is 1. The van der Waals surface area contributed by atoms with Crippen LogP contribution in [0.1, 0.15) is 9.67 Å². The molecule has 1 amide bonds. The Kier molecular flexibility index (Phi) is 3.62. The third-order valence-corrected chi connectivity index (χ3v) is 1.90. The summed E-state index contributed by atoms with van der Waals surface area (Å²) in [6, 6.07) is 0. The number of nitrogens with one attached hydrogen (secondary N) is 2. The molecule has 0 saturated carbocycles. The van der Waals surface area contributed by atoms with Gasteiger partial charge >= 0.3 is 0 Å². The summed E-state index contributed by atoms with van der Waals surface area (Å²) in [4.78, 5) is 11.7. The molecular weight excluding hydrogens is 178 g/mol. The molecule has 0 aliphatic heterocycles. The third kappa shape index (κ3) is 2.55. The molecule has 66 valence electrons. The summed E-state index contributed by atoms with van der Waals surface area (Å²) in [5, 5.41) is 5.25. The average Bonchev–Trinajstić information content (AvgIpc) is 2.56. The Hall–Kier alpha value is -1.01. The van der Waals surface area contributed by atoms with Crippen LogP contribution in [0.3, 0.4) is 0 Å². The van der Waals surface area contributed by atoms with Crippen LogP contribution in [0, 0.1) is 0 Å². The Morgan fingerprint density at radius 3 is 3.33 bits per heavy atom. The van der Waals surface area contributed by atoms with Crippen molar-refractivity contribution in [3.63, 3.8) is 0 Å². The lowest BCUT2D eigenvalue weighted by molar-refractivity contribution is -0.443. The third-order valence-electron chi connectivity index (χ3n) is 1.21. The summed E-state index contributed by atoms with van der Waals surface area (Å²) >= 11 is 1.13. The summed E-state index contributed by atoms with van der Waals surface area (Å²) in [7, 11) is 1.59. The van der Waals surface area contributed by atoms with Gasteiger partial charge in [0.1, 0.15) is 0 Å². The molecule has 1 heterocycles. The van der Waals surface area contributed by atoms with Crippen molar-refractivity contribution in [1.82, 2.24) is 9.81 Å². The van der Waals surface area contributed by atoms with Crippen molar-refractivity contribution in [1.29, 1.82) is 0 Å². The normalized spacial score (nSPS) is 9.75. The molecule has 12 heavy (non-hydrogen) atoms. The Morgan fingerprint density at radius 1 is 1.92 bits per heavy atom. The zero-order chi connectivity index (χ0) is 8.81. The summed E-state index contributed by atoms with van der Waals surface area (Å²) in [5.74, 6) is -0.120. The highest BCUT2D eigenvalue weighted by Crippen LogP contribution is 1.97. The number of hydrogen-bond donors (Lipinski definition) is 1. The maximum Gasteiger partial charge on any atom is 0.269 e. The number of nitrogens with zero attached hydrogens (tertiary/aromatic N) is 1. The van der Waals surface area contributed by atoms with Crippen LogP contribution in [0.2, 0.25) is 0 Å². The van der Waals surface area contributed by atoms with Gasteiger partial charge in [-0.2, -0.15) is 0 Å². The van der Waals surface area contributed by atoms with Crippen LogP contribution in [-0.4, -0.2) is 30.7 Å². The molecule has 0 fully saturated rings. The minimum absolute atomic E-state index is 0.120. The van der Waals surface area contributed by atoms with Gasteiger partial charge in [-0.1, -0.05) is 5.10 Å². The Morgan fingerprint density at radius 2 is 2.75 bits per heavy atom. The molecule has 0 aromatic carbocycles. The van der Waals surface area contributed by atoms with E-state index in [0.29, 0.717) is 18.0 Å². The molecule has 0 atom stereocenters. The standard InChI is InChI=1S/C6H9N3O2S/c1-11-3-2-7-6(10)5-4-8-9-12-5/h4H,2-3H2,1H3,(H,7,10)/p+1. The lowest BCUT2D eigenvalue weighted by atomic mass is 10.5. The van der Waals surface area contributed by atoms with Crippen LogP contribution in [0.4, 0.5) is 0 Å². The van der Waals surface area contributed by atoms with Crippen LogP contribution in [0.15, 0.2) is 6.20 Å². The summed E-state index contributed by atoms with van der Waals surface area (Å²) < 4.78 is 8.47. The predicted octanol–water partition coefficient (Wildman–Crippen LogP) is -0.667. The van der Waals surface area contributed by atoms with Crippen LogP contribution in [0.5, 0.6) is 0 Å². The summed E-state index contributed by atoms with van der Waals surface area (Å²) in [6.07, 6.45) is 1.56. The van der Waals surface area contributed by atoms with E-state index >= 15 is 0 Å². The Bertz CT molecular complexity index is 237. The molecule has 0 aliphatic rings. The second-order valence-corrected chi connectivity index (χ2v) is 2.87. The second kappa shape index (κ2) is 4.78. The van der Waals surface area contributed by atoms with E-state index < -0.39 is 0 Å². The fraction of sp³-hybridized carbons (Fsp3) is 0.500. The molecule has 0 unspecified atom stereocenters. The quantitative estimate of drug-likeness (QED) is 0.637. The number of rotatable bonds is 4. The molecule has 0 aliphatic carbocycles. The predicted molar refractivity (Wildman–Crippen MR) is 42.9 cm³/mol. The van der Waals surface area contributed by atoms with E-state index in [4.69, 9.17) is 4.74 Å². The molecule has 1 aromatic rings. The van der Waals surface area contributed by atoms with Gasteiger partial charge in [0.15, 0.2) is 4.88 Å². The van der Waals surface area contributed by atoms with Crippen LogP contribution in [0.25, 0.3) is 0 Å². The Labute approximate surface area is 73.9 Å². The first-order valence-electron chi connectivity index (χ1n) is 3.44. The van der Waals surface area contributed by atoms with Gasteiger partial charge in [-0.15, -0.1) is 0 Å². The molecule has 0 bridgehead atoms. The zero-order valence-corrected chi connectivity index (χ0v) is 7.48. The number of aromatic nitrogens is 2. The van der Waals surface area contributed by atoms with Crippen LogP contribution in [-0.2, 0) is 4.74 Å². The molecule has 0 spiro atoms. The molecule has 1 aromatic heterocycles. The topological polar surface area (TPSA) is 65.4 Å². The number of hydrogen-bond acceptors (Lipinski definition) is 4. The van der Waals surface area contributed by atoms with Crippen molar-refractivity contribution in [2.45, 2.75) is 0 Å². The van der Waals surface area contributed by atoms with Gasteiger partial charge in [-0.25, -0.2) is 0 Å². The van der Waals surface area contributed by atoms with Crippen LogP contribution >= 0.6 is 11.5 Å². The van der Waals surface area contributed by atoms with Crippen molar-refractivity contribution in [3.05, 3.63) is 11.1 Å². The SMILES string of the molecule is COCCNC(=O)c1c[nH+]ns1. The van der Waals surface area contributed by atoms with Gasteiger partial charge < -0.3 is 10.1 Å². The number of carbonyl (C=O) groups excluding carboxylic acids is 1. The van der Waals surface area contributed by atoms with Gasteiger partial charge in [-0.05, 0) is 0 Å². The smallest absolute Gasteiger partial charge is 0.269 e. The lowest BCUT2D eigenvalue weighted by Gasteiger charge is -1.99. The van der Waals surface area contributed by atoms with Crippen molar-refractivity contribution in [2.24, 2.45) is 0 Å². The largest absolute Gasteiger partial charge is 0.383 e. The fourth-order valence-corrected chi connectivity index (χ4v) is 1.11. The molecular formula is C6H10N3O2S+. The fourth-order valence-electron chi connectivity index (χ4n) is 0.648. The van der Waals surface area contributed by atoms with E-state index in [1.807, 2.05) is 0 Å². The van der Waals surface area contributed by atoms with E-state index in [2.05, 4.69) is 14.9 Å². The average molecular weight is 188 g/mol. The number of methoxy groups -OCH3 is 1. The van der Waals surface area contributed by atoms with Gasteiger partial charge in [0.2, 0.25) is 6.20 Å². The molecule has 0 radical (unpaired) electrons. The highest BCUT2D eigenvalue weighted by atomic mass is 32.1. The van der Waals surface area contributed by atoms with Crippen molar-refractivity contribution in [3.8, 4) is 0 Å². The summed E-state index contributed by atoms with van der Waals surface area (Å²) in [5.41, 5.74) is 0. The van der Waals surface area contributed by atoms with Crippen molar-refractivity contribution < 1.29 is 14.6 Å². The number of aromatic amines is 1. The van der Waals surface area contributed by atoms with E-state index in [1.165, 1.54) is 0 Å². The van der Waals surface area contributed by atoms with Gasteiger partial charge in [0.25, 0.3) is 5.91 Å². The van der Waals surface area contributed by atoms with E-state index in [9.17, 15) is 4.79 Å². The molecule has 1 rings (SSSR count). The van der Waals surface area contributed by atoms with Gasteiger partial charge in [0.05, 0.1) is 11.1 Å². The lowest BCUT2D eigenvalue weighted by Crippen LogP contribution is -2.26. The minimum Gasteiger partial charge on any atom is -0.383 e. The maximum absolute atomic E-state index is 11.2. The number of carbonyl (C=O) groups is 1. The van der Waals surface area contributed by atoms with Gasteiger partial charge in [-0.3, -0.25) is 4.79 Å². The Balaban J connectivity index is 2.30. The first-order chi connectivity index (χ1) is 5.84. The highest BCUT2D eigenvalue weighted by molar-refractivity contribution is 7.07. The number of ether oxygens (including phenoxy) is 1. The van der Waals surface area contributed by atoms with E-state index in [1.54, 1.807) is 13.3 Å². The molecule has 5 nitrogen and oxygen atoms in total. The highest BCUT2D eigenvalue weighted by Gasteiger charge is 2.09. The van der Waals surface area contributed by atoms with E-state index in [0.717, 1.165) is 11.5 Å². The van der Waals surface area contributed by atoms with Crippen LogP contribution < -0.4 is 10.4 Å². The number of amides is 1. The van der Waals surface area contributed by atoms with Crippen molar-refractivity contribution >= 4 is 17.4 Å². The zero-order valence-electron chi connectivity index (χ0n) is 6.66. The molecule has 0 saturated heterocycles. The first kappa shape index (κ1) is 9.08. The van der Waals surface area contributed by atoms with Gasteiger partial charge in [0, 0.05) is 25.2 Å².